The van der Waals surface area contributed by atoms with Gasteiger partial charge in [-0.1, -0.05) is 6.92 Å². The first-order valence-electron chi connectivity index (χ1n) is 5.02. The molecule has 1 amide bonds. The van der Waals surface area contributed by atoms with E-state index in [9.17, 15) is 13.2 Å². The minimum atomic E-state index is -3.06. The zero-order chi connectivity index (χ0) is 11.9. The molecule has 0 aliphatic rings. The Bertz CT molecular complexity index is 288. The fraction of sp³-hybridized carbons (Fsp3) is 0.889. The standard InChI is InChI=1S/C9H20N2O3S/c1-8(6-10)7-15(13,14)5-3-4-9(12)11-2/h8H,3-7,10H2,1-2H3,(H,11,12). The predicted octanol–water partition coefficient (Wildman–Crippen LogP) is -0.478. The number of amides is 1. The van der Waals surface area contributed by atoms with Crippen LogP contribution in [0.25, 0.3) is 0 Å². The maximum Gasteiger partial charge on any atom is 0.219 e. The monoisotopic (exact) mass is 236 g/mol. The number of hydrogen-bond donors (Lipinski definition) is 2. The van der Waals surface area contributed by atoms with Crippen molar-refractivity contribution in [3.63, 3.8) is 0 Å². The predicted molar refractivity (Wildman–Crippen MR) is 60.2 cm³/mol. The molecule has 5 nitrogen and oxygen atoms in total. The lowest BCUT2D eigenvalue weighted by atomic mass is 10.2. The molecule has 0 saturated heterocycles. The van der Waals surface area contributed by atoms with Gasteiger partial charge in [0.05, 0.1) is 11.5 Å². The second-order valence-corrected chi connectivity index (χ2v) is 5.96. The van der Waals surface area contributed by atoms with E-state index in [0.29, 0.717) is 13.0 Å². The Morgan fingerprint density at radius 2 is 2.07 bits per heavy atom. The summed E-state index contributed by atoms with van der Waals surface area (Å²) in [5.41, 5.74) is 5.35. The Morgan fingerprint density at radius 1 is 1.47 bits per heavy atom. The number of nitrogens with one attached hydrogen (secondary N) is 1. The summed E-state index contributed by atoms with van der Waals surface area (Å²) in [6, 6.07) is 0. The number of nitrogens with two attached hydrogens (primary N) is 1. The Hall–Kier alpha value is -0.620. The van der Waals surface area contributed by atoms with Crippen LogP contribution in [0.5, 0.6) is 0 Å². The number of hydrogen-bond acceptors (Lipinski definition) is 4. The van der Waals surface area contributed by atoms with E-state index in [-0.39, 0.29) is 29.8 Å². The zero-order valence-corrected chi connectivity index (χ0v) is 10.1. The van der Waals surface area contributed by atoms with Crippen LogP contribution in [0.15, 0.2) is 0 Å². The van der Waals surface area contributed by atoms with Gasteiger partial charge in [-0.3, -0.25) is 4.79 Å². The summed E-state index contributed by atoms with van der Waals surface area (Å²) in [7, 11) is -1.52. The van der Waals surface area contributed by atoms with Gasteiger partial charge in [-0.25, -0.2) is 8.42 Å². The summed E-state index contributed by atoms with van der Waals surface area (Å²) in [5, 5.41) is 2.45. The number of carbonyl (C=O) groups excluding carboxylic acids is 1. The van der Waals surface area contributed by atoms with Crippen LogP contribution in [0.3, 0.4) is 0 Å². The highest BCUT2D eigenvalue weighted by atomic mass is 32.2. The van der Waals surface area contributed by atoms with E-state index >= 15 is 0 Å². The highest BCUT2D eigenvalue weighted by Gasteiger charge is 2.15. The lowest BCUT2D eigenvalue weighted by Crippen LogP contribution is -2.24. The summed E-state index contributed by atoms with van der Waals surface area (Å²) >= 11 is 0. The van der Waals surface area contributed by atoms with Crippen LogP contribution in [0.1, 0.15) is 19.8 Å². The number of carbonyl (C=O) groups is 1. The lowest BCUT2D eigenvalue weighted by Gasteiger charge is -2.08. The summed E-state index contributed by atoms with van der Waals surface area (Å²) in [6.45, 7) is 2.17. The fourth-order valence-corrected chi connectivity index (χ4v) is 2.92. The van der Waals surface area contributed by atoms with Gasteiger partial charge in [-0.15, -0.1) is 0 Å². The molecule has 0 saturated carbocycles. The van der Waals surface area contributed by atoms with Gasteiger partial charge in [0.25, 0.3) is 0 Å². The van der Waals surface area contributed by atoms with Crippen LogP contribution < -0.4 is 11.1 Å². The molecule has 0 bridgehead atoms. The van der Waals surface area contributed by atoms with E-state index in [4.69, 9.17) is 5.73 Å². The van der Waals surface area contributed by atoms with Crippen molar-refractivity contribution in [1.82, 2.24) is 5.32 Å². The molecule has 0 radical (unpaired) electrons. The molecule has 0 aliphatic carbocycles. The third kappa shape index (κ3) is 7.33. The Morgan fingerprint density at radius 3 is 2.53 bits per heavy atom. The third-order valence-electron chi connectivity index (χ3n) is 2.08. The van der Waals surface area contributed by atoms with Crippen molar-refractivity contribution in [3.8, 4) is 0 Å². The second-order valence-electron chi connectivity index (χ2n) is 3.73. The van der Waals surface area contributed by atoms with Gasteiger partial charge in [0, 0.05) is 13.5 Å². The highest BCUT2D eigenvalue weighted by molar-refractivity contribution is 7.91. The second kappa shape index (κ2) is 6.79. The van der Waals surface area contributed by atoms with Crippen LogP contribution in [0, 0.1) is 5.92 Å². The van der Waals surface area contributed by atoms with Crippen molar-refractivity contribution in [2.75, 3.05) is 25.1 Å². The molecule has 6 heteroatoms. The first-order valence-corrected chi connectivity index (χ1v) is 6.84. The molecule has 15 heavy (non-hydrogen) atoms. The van der Waals surface area contributed by atoms with E-state index in [0.717, 1.165) is 0 Å². The highest BCUT2D eigenvalue weighted by Crippen LogP contribution is 2.03. The van der Waals surface area contributed by atoms with Crippen molar-refractivity contribution in [2.24, 2.45) is 11.7 Å². The van der Waals surface area contributed by atoms with Gasteiger partial charge < -0.3 is 11.1 Å². The summed E-state index contributed by atoms with van der Waals surface area (Å²) in [5.74, 6) is 0.0224. The minimum absolute atomic E-state index is 0.0185. The van der Waals surface area contributed by atoms with Gasteiger partial charge in [-0.2, -0.15) is 0 Å². The topological polar surface area (TPSA) is 89.3 Å². The van der Waals surface area contributed by atoms with E-state index < -0.39 is 9.84 Å². The molecule has 0 aromatic rings. The van der Waals surface area contributed by atoms with Crippen molar-refractivity contribution in [1.29, 1.82) is 0 Å². The summed E-state index contributed by atoms with van der Waals surface area (Å²) in [6.07, 6.45) is 0.631. The molecule has 0 heterocycles. The van der Waals surface area contributed by atoms with Gasteiger partial charge in [0.1, 0.15) is 0 Å². The molecule has 0 fully saturated rings. The van der Waals surface area contributed by atoms with Gasteiger partial charge >= 0.3 is 0 Å². The van der Waals surface area contributed by atoms with E-state index in [1.165, 1.54) is 7.05 Å². The zero-order valence-electron chi connectivity index (χ0n) is 9.32. The summed E-state index contributed by atoms with van der Waals surface area (Å²) in [4.78, 5) is 10.9. The average molecular weight is 236 g/mol. The fourth-order valence-electron chi connectivity index (χ4n) is 1.16. The van der Waals surface area contributed by atoms with Crippen LogP contribution in [-0.4, -0.2) is 39.4 Å². The summed E-state index contributed by atoms with van der Waals surface area (Å²) < 4.78 is 23.0. The normalized spacial score (nSPS) is 13.5. The Kier molecular flexibility index (Phi) is 6.51. The van der Waals surface area contributed by atoms with Crippen LogP contribution in [-0.2, 0) is 14.6 Å². The van der Waals surface area contributed by atoms with Crippen molar-refractivity contribution < 1.29 is 13.2 Å². The largest absolute Gasteiger partial charge is 0.359 e. The minimum Gasteiger partial charge on any atom is -0.359 e. The van der Waals surface area contributed by atoms with E-state index in [1.807, 2.05) is 0 Å². The van der Waals surface area contributed by atoms with Crippen molar-refractivity contribution in [3.05, 3.63) is 0 Å². The van der Waals surface area contributed by atoms with Crippen molar-refractivity contribution >= 4 is 15.7 Å². The maximum absolute atomic E-state index is 11.5. The maximum atomic E-state index is 11.5. The molecule has 1 atom stereocenters. The average Bonchev–Trinajstić information content (AvgIpc) is 2.16. The molecule has 0 aromatic heterocycles. The Balaban J connectivity index is 3.90. The number of sulfone groups is 1. The third-order valence-corrected chi connectivity index (χ3v) is 4.07. The molecule has 0 aliphatic heterocycles. The van der Waals surface area contributed by atoms with Crippen LogP contribution in [0.4, 0.5) is 0 Å². The van der Waals surface area contributed by atoms with E-state index in [1.54, 1.807) is 6.92 Å². The smallest absolute Gasteiger partial charge is 0.219 e. The van der Waals surface area contributed by atoms with Gasteiger partial charge in [0.15, 0.2) is 9.84 Å². The van der Waals surface area contributed by atoms with Crippen LogP contribution in [0.2, 0.25) is 0 Å². The van der Waals surface area contributed by atoms with Crippen molar-refractivity contribution in [2.45, 2.75) is 19.8 Å². The molecular weight excluding hydrogens is 216 g/mol. The molecule has 0 spiro atoms. The Labute approximate surface area is 91.3 Å². The molecule has 3 N–H and O–H groups in total. The van der Waals surface area contributed by atoms with Gasteiger partial charge in [0.2, 0.25) is 5.91 Å². The molecular formula is C9H20N2O3S. The molecule has 90 valence electrons. The lowest BCUT2D eigenvalue weighted by molar-refractivity contribution is -0.120. The molecule has 0 rings (SSSR count). The van der Waals surface area contributed by atoms with Gasteiger partial charge in [-0.05, 0) is 18.9 Å². The number of rotatable bonds is 7. The first-order chi connectivity index (χ1) is 6.91. The van der Waals surface area contributed by atoms with E-state index in [2.05, 4.69) is 5.32 Å². The quantitative estimate of drug-likeness (QED) is 0.625. The molecule has 1 unspecified atom stereocenters. The SMILES string of the molecule is CNC(=O)CCCS(=O)(=O)CC(C)CN. The van der Waals surface area contributed by atoms with Crippen LogP contribution >= 0.6 is 0 Å². The first kappa shape index (κ1) is 14.4. The molecule has 0 aromatic carbocycles.